The molecule has 3 heterocycles. The van der Waals surface area contributed by atoms with E-state index in [1.807, 2.05) is 6.20 Å². The average molecular weight is 288 g/mol. The van der Waals surface area contributed by atoms with Gasteiger partial charge in [0.1, 0.15) is 0 Å². The molecule has 2 aliphatic rings. The van der Waals surface area contributed by atoms with Crippen molar-refractivity contribution in [1.82, 2.24) is 9.55 Å². The number of rotatable bonds is 0. The quantitative estimate of drug-likeness (QED) is 0.631. The molecule has 1 spiro atoms. The average Bonchev–Trinajstić information content (AvgIpc) is 2.91. The summed E-state index contributed by atoms with van der Waals surface area (Å²) in [4.78, 5) is 16.3. The number of carbonyl (C=O) groups is 1. The number of hydrogen-bond donors (Lipinski definition) is 0. The maximum absolute atomic E-state index is 11.7. The first-order valence-electron chi connectivity index (χ1n) is 7.88. The number of hydrogen-bond acceptors (Lipinski definition) is 2. The first-order valence-corrected chi connectivity index (χ1v) is 7.88. The molecule has 0 radical (unpaired) electrons. The molecule has 3 aromatic rings. The zero-order valence-corrected chi connectivity index (χ0v) is 12.2. The van der Waals surface area contributed by atoms with Gasteiger partial charge in [0, 0.05) is 28.9 Å². The first-order chi connectivity index (χ1) is 10.8. The van der Waals surface area contributed by atoms with Crippen molar-refractivity contribution in [3.8, 4) is 0 Å². The van der Waals surface area contributed by atoms with Crippen LogP contribution >= 0.6 is 0 Å². The molecule has 0 bridgehead atoms. The number of nitrogens with zero attached hydrogens (tertiary/aromatic N) is 2. The number of para-hydroxylation sites is 1. The molecule has 1 aromatic carbocycles. The van der Waals surface area contributed by atoms with Crippen molar-refractivity contribution in [3.63, 3.8) is 0 Å². The molecule has 0 fully saturated rings. The lowest BCUT2D eigenvalue weighted by Crippen LogP contribution is -2.37. The molecule has 108 valence electrons. The number of aryl methyl sites for hydroxylation is 1. The minimum absolute atomic E-state index is 0.0642. The molecule has 0 saturated heterocycles. The zero-order valence-electron chi connectivity index (χ0n) is 12.2. The Bertz CT molecular complexity index is 966. The predicted molar refractivity (Wildman–Crippen MR) is 86.9 cm³/mol. The monoisotopic (exact) mass is 288 g/mol. The van der Waals surface area contributed by atoms with Gasteiger partial charge in [-0.05, 0) is 37.5 Å². The van der Waals surface area contributed by atoms with E-state index < -0.39 is 0 Å². The Morgan fingerprint density at radius 3 is 2.77 bits per heavy atom. The smallest absolute Gasteiger partial charge is 0.155 e. The summed E-state index contributed by atoms with van der Waals surface area (Å²) in [5.74, 6) is 0.246. The topological polar surface area (TPSA) is 34.9 Å². The lowest BCUT2D eigenvalue weighted by molar-refractivity contribution is -0.115. The molecule has 22 heavy (non-hydrogen) atoms. The Balaban J connectivity index is 1.97. The minimum atomic E-state index is -0.0642. The lowest BCUT2D eigenvalue weighted by atomic mass is 9.80. The van der Waals surface area contributed by atoms with E-state index in [2.05, 4.69) is 46.0 Å². The Labute approximate surface area is 128 Å². The van der Waals surface area contributed by atoms with E-state index >= 15 is 0 Å². The second-order valence-electron chi connectivity index (χ2n) is 6.41. The molecular weight excluding hydrogens is 272 g/mol. The largest absolute Gasteiger partial charge is 0.329 e. The molecule has 1 atom stereocenters. The van der Waals surface area contributed by atoms with Crippen LogP contribution in [0.1, 0.15) is 25.0 Å². The van der Waals surface area contributed by atoms with Crippen LogP contribution < -0.4 is 0 Å². The van der Waals surface area contributed by atoms with Crippen molar-refractivity contribution in [2.75, 3.05) is 0 Å². The molecular formula is C19H16N2O. The van der Waals surface area contributed by atoms with Crippen LogP contribution in [0.25, 0.3) is 21.8 Å². The van der Waals surface area contributed by atoms with Gasteiger partial charge in [-0.1, -0.05) is 24.3 Å². The van der Waals surface area contributed by atoms with Gasteiger partial charge in [-0.25, -0.2) is 0 Å². The third-order valence-corrected chi connectivity index (χ3v) is 5.28. The number of aromatic nitrogens is 2. The highest BCUT2D eigenvalue weighted by atomic mass is 16.1. The third kappa shape index (κ3) is 1.41. The van der Waals surface area contributed by atoms with Crippen LogP contribution in [-0.2, 0) is 16.8 Å². The van der Waals surface area contributed by atoms with Gasteiger partial charge in [-0.3, -0.25) is 9.78 Å². The molecule has 3 heteroatoms. The fourth-order valence-electron chi connectivity index (χ4n) is 4.22. The van der Waals surface area contributed by atoms with Crippen molar-refractivity contribution < 1.29 is 4.79 Å². The second kappa shape index (κ2) is 4.07. The van der Waals surface area contributed by atoms with Gasteiger partial charge in [0.2, 0.25) is 0 Å². The summed E-state index contributed by atoms with van der Waals surface area (Å²) in [5.41, 5.74) is 3.63. The number of carbonyl (C=O) groups excluding carboxylic acids is 1. The first kappa shape index (κ1) is 12.2. The molecule has 0 unspecified atom stereocenters. The summed E-state index contributed by atoms with van der Waals surface area (Å²) in [6.07, 6.45) is 9.38. The van der Waals surface area contributed by atoms with Crippen molar-refractivity contribution in [1.29, 1.82) is 0 Å². The normalized spacial score (nSPS) is 23.7. The van der Waals surface area contributed by atoms with Gasteiger partial charge >= 0.3 is 0 Å². The van der Waals surface area contributed by atoms with Gasteiger partial charge < -0.3 is 4.57 Å². The standard InChI is InChI=1S/C19H16N2O/c22-13-5-9-19(10-6-13)11-7-16-18-15(8-12-20-16)14-3-1-2-4-17(14)21(18)19/h1-5,8-9,12H,6-7,10-11H2/t19-/m1/s1. The molecule has 0 amide bonds. The summed E-state index contributed by atoms with van der Waals surface area (Å²) in [7, 11) is 0. The van der Waals surface area contributed by atoms with Gasteiger partial charge in [-0.15, -0.1) is 0 Å². The molecule has 0 N–H and O–H groups in total. The van der Waals surface area contributed by atoms with E-state index in [1.54, 1.807) is 6.08 Å². The van der Waals surface area contributed by atoms with Gasteiger partial charge in [0.25, 0.3) is 0 Å². The van der Waals surface area contributed by atoms with Crippen LogP contribution in [0.15, 0.2) is 48.7 Å². The Kier molecular flexibility index (Phi) is 2.25. The molecule has 3 nitrogen and oxygen atoms in total. The summed E-state index contributed by atoms with van der Waals surface area (Å²) in [6, 6.07) is 10.7. The maximum atomic E-state index is 11.7. The number of allylic oxidation sites excluding steroid dienone is 2. The highest BCUT2D eigenvalue weighted by molar-refractivity contribution is 6.09. The molecule has 1 aliphatic heterocycles. The zero-order chi connectivity index (χ0) is 14.7. The number of benzene rings is 1. The van der Waals surface area contributed by atoms with Crippen LogP contribution in [0.3, 0.4) is 0 Å². The van der Waals surface area contributed by atoms with Crippen molar-refractivity contribution in [2.24, 2.45) is 0 Å². The number of ketones is 1. The second-order valence-corrected chi connectivity index (χ2v) is 6.41. The predicted octanol–water partition coefficient (Wildman–Crippen LogP) is 3.75. The number of fused-ring (bicyclic) bond motifs is 4. The van der Waals surface area contributed by atoms with Crippen LogP contribution in [-0.4, -0.2) is 15.3 Å². The molecule has 5 rings (SSSR count). The summed E-state index contributed by atoms with van der Waals surface area (Å²) in [6.45, 7) is 0. The van der Waals surface area contributed by atoms with Crippen LogP contribution in [0.5, 0.6) is 0 Å². The summed E-state index contributed by atoms with van der Waals surface area (Å²) >= 11 is 0. The Morgan fingerprint density at radius 1 is 1.05 bits per heavy atom. The van der Waals surface area contributed by atoms with Crippen LogP contribution in [0, 0.1) is 0 Å². The number of pyridine rings is 1. The third-order valence-electron chi connectivity index (χ3n) is 5.28. The minimum Gasteiger partial charge on any atom is -0.329 e. The maximum Gasteiger partial charge on any atom is 0.155 e. The van der Waals surface area contributed by atoms with Gasteiger partial charge in [0.15, 0.2) is 5.78 Å². The Morgan fingerprint density at radius 2 is 1.91 bits per heavy atom. The lowest BCUT2D eigenvalue weighted by Gasteiger charge is -2.39. The van der Waals surface area contributed by atoms with E-state index in [0.717, 1.165) is 19.3 Å². The Hall–Kier alpha value is -2.42. The van der Waals surface area contributed by atoms with Gasteiger partial charge in [-0.2, -0.15) is 0 Å². The molecule has 1 aliphatic carbocycles. The van der Waals surface area contributed by atoms with E-state index in [4.69, 9.17) is 0 Å². The fraction of sp³-hybridized carbons (Fsp3) is 0.263. The summed E-state index contributed by atoms with van der Waals surface area (Å²) in [5, 5.41) is 2.57. The van der Waals surface area contributed by atoms with E-state index in [9.17, 15) is 4.79 Å². The van der Waals surface area contributed by atoms with Crippen LogP contribution in [0.4, 0.5) is 0 Å². The highest BCUT2D eigenvalue weighted by Gasteiger charge is 2.38. The fourth-order valence-corrected chi connectivity index (χ4v) is 4.22. The van der Waals surface area contributed by atoms with Crippen molar-refractivity contribution >= 4 is 27.6 Å². The molecule has 0 saturated carbocycles. The SMILES string of the molecule is O=C1C=C[C@@]2(CC1)CCc1nccc3c4ccccc4n2c13. The van der Waals surface area contributed by atoms with E-state index in [0.29, 0.717) is 6.42 Å². The molecule has 2 aromatic heterocycles. The van der Waals surface area contributed by atoms with Gasteiger partial charge in [0.05, 0.1) is 16.7 Å². The van der Waals surface area contributed by atoms with E-state index in [-0.39, 0.29) is 11.3 Å². The van der Waals surface area contributed by atoms with Crippen molar-refractivity contribution in [3.05, 3.63) is 54.4 Å². The van der Waals surface area contributed by atoms with Crippen LogP contribution in [0.2, 0.25) is 0 Å². The highest BCUT2D eigenvalue weighted by Crippen LogP contribution is 2.45. The van der Waals surface area contributed by atoms with Crippen molar-refractivity contribution in [2.45, 2.75) is 31.2 Å². The summed E-state index contributed by atoms with van der Waals surface area (Å²) < 4.78 is 2.45. The van der Waals surface area contributed by atoms with E-state index in [1.165, 1.54) is 27.5 Å².